The second kappa shape index (κ2) is 22.7. The second-order valence-corrected chi connectivity index (χ2v) is 17.5. The molecule has 0 fully saturated rings. The second-order valence-electron chi connectivity index (χ2n) is 15.3. The summed E-state index contributed by atoms with van der Waals surface area (Å²) < 4.78 is 9.62. The molecule has 1 aliphatic heterocycles. The van der Waals surface area contributed by atoms with Crippen LogP contribution in [-0.4, -0.2) is 32.7 Å². The molecule has 4 heteroatoms. The number of hydrogen-bond acceptors (Lipinski definition) is 4. The Hall–Kier alpha value is -5.78. The first-order chi connectivity index (χ1) is 29.2. The van der Waals surface area contributed by atoms with Crippen LogP contribution in [-0.2, 0) is 4.74 Å². The summed E-state index contributed by atoms with van der Waals surface area (Å²) in [6.45, 7) is 11.5. The van der Waals surface area contributed by atoms with E-state index in [2.05, 4.69) is 191 Å². The molecular weight excluding hydrogens is 779 g/mol. The standard InChI is InChI=1S/C37H27NS2.2C7H8.C3H8.C2H6O.CH4/c1-23-5-3-6-24(17-23)25-8-12-34-30(18-25)31-19-26(9-13-35(31)39-34)27-10-14-36-32(20-27)33-21-28(11-15-37(33)40-36)29-7-4-16-38(2)22-29;2*1-7-5-3-2-4-6-7;2*1-3-2;/h3-21H,22H2,1-2H3;2*2-6H,1H3;3H2,1-2H3;1-2H3;1H4. The Morgan fingerprint density at radius 2 is 0.836 bits per heavy atom. The van der Waals surface area contributed by atoms with Crippen LogP contribution in [0.4, 0.5) is 0 Å². The van der Waals surface area contributed by atoms with E-state index in [1.54, 1.807) is 14.2 Å². The van der Waals surface area contributed by atoms with E-state index in [9.17, 15) is 0 Å². The van der Waals surface area contributed by atoms with Crippen molar-refractivity contribution in [1.82, 2.24) is 4.90 Å². The Balaban J connectivity index is 0.000000278. The molecular formula is C57H61NOS2. The molecule has 0 N–H and O–H groups in total. The van der Waals surface area contributed by atoms with Crippen LogP contribution >= 0.6 is 22.7 Å². The zero-order chi connectivity index (χ0) is 42.4. The average Bonchev–Trinajstić information content (AvgIpc) is 3.82. The molecule has 61 heavy (non-hydrogen) atoms. The lowest BCUT2D eigenvalue weighted by Crippen LogP contribution is -2.15. The Morgan fingerprint density at radius 1 is 0.475 bits per heavy atom. The van der Waals surface area contributed by atoms with Crippen molar-refractivity contribution in [2.75, 3.05) is 27.8 Å². The maximum absolute atomic E-state index is 4.25. The fourth-order valence-corrected chi connectivity index (χ4v) is 9.19. The smallest absolute Gasteiger partial charge is 0.0426 e. The third-order valence-corrected chi connectivity index (χ3v) is 12.2. The lowest BCUT2D eigenvalue weighted by atomic mass is 9.98. The lowest BCUT2D eigenvalue weighted by molar-refractivity contribution is 0.277. The van der Waals surface area contributed by atoms with Gasteiger partial charge in [0.15, 0.2) is 0 Å². The third kappa shape index (κ3) is 12.2. The molecule has 0 atom stereocenters. The van der Waals surface area contributed by atoms with Crippen LogP contribution in [0.2, 0.25) is 0 Å². The van der Waals surface area contributed by atoms with E-state index in [0.717, 1.165) is 6.54 Å². The summed E-state index contributed by atoms with van der Waals surface area (Å²) in [5, 5.41) is 5.37. The molecule has 312 valence electrons. The van der Waals surface area contributed by atoms with E-state index in [4.69, 9.17) is 0 Å². The highest BCUT2D eigenvalue weighted by atomic mass is 32.1. The summed E-state index contributed by atoms with van der Waals surface area (Å²) in [5.74, 6) is 0. The Labute approximate surface area is 373 Å². The molecule has 3 heterocycles. The summed E-state index contributed by atoms with van der Waals surface area (Å²) in [4.78, 5) is 2.23. The Kier molecular flexibility index (Phi) is 17.2. The fourth-order valence-electron chi connectivity index (χ4n) is 7.05. The minimum atomic E-state index is 0. The van der Waals surface area contributed by atoms with Crippen LogP contribution in [0.25, 0.3) is 68.2 Å². The molecule has 0 unspecified atom stereocenters. The summed E-state index contributed by atoms with van der Waals surface area (Å²) in [6, 6.07) is 57.1. The van der Waals surface area contributed by atoms with Crippen LogP contribution in [0.3, 0.4) is 0 Å². The number of fused-ring (bicyclic) bond motifs is 6. The number of aryl methyl sites for hydroxylation is 3. The predicted octanol–water partition coefficient (Wildman–Crippen LogP) is 17.2. The molecule has 10 rings (SSSR count). The molecule has 0 amide bonds. The normalized spacial score (nSPS) is 11.5. The van der Waals surface area contributed by atoms with E-state index in [1.165, 1.54) is 96.8 Å². The van der Waals surface area contributed by atoms with Gasteiger partial charge in [-0.15, -0.1) is 22.7 Å². The number of nitrogens with zero attached hydrogens (tertiary/aromatic N) is 1. The van der Waals surface area contributed by atoms with Gasteiger partial charge in [0.05, 0.1) is 0 Å². The molecule has 0 bridgehead atoms. The minimum Gasteiger partial charge on any atom is -0.388 e. The van der Waals surface area contributed by atoms with Crippen molar-refractivity contribution in [3.05, 3.63) is 198 Å². The zero-order valence-electron chi connectivity index (χ0n) is 36.3. The minimum absolute atomic E-state index is 0. The lowest BCUT2D eigenvalue weighted by Gasteiger charge is -2.20. The quantitative estimate of drug-likeness (QED) is 0.176. The number of rotatable bonds is 3. The first kappa shape index (κ1) is 46.3. The number of methoxy groups -OCH3 is 1. The van der Waals surface area contributed by atoms with Gasteiger partial charge in [0, 0.05) is 68.2 Å². The highest BCUT2D eigenvalue weighted by Crippen LogP contribution is 2.41. The van der Waals surface area contributed by atoms with Gasteiger partial charge < -0.3 is 9.64 Å². The van der Waals surface area contributed by atoms with Crippen molar-refractivity contribution in [2.45, 2.75) is 48.5 Å². The van der Waals surface area contributed by atoms with Crippen molar-refractivity contribution in [3.63, 3.8) is 0 Å². The number of thiophene rings is 2. The van der Waals surface area contributed by atoms with Crippen molar-refractivity contribution in [1.29, 1.82) is 0 Å². The van der Waals surface area contributed by atoms with Crippen molar-refractivity contribution >= 4 is 68.6 Å². The summed E-state index contributed by atoms with van der Waals surface area (Å²) in [5.41, 5.74) is 11.7. The Morgan fingerprint density at radius 3 is 1.20 bits per heavy atom. The largest absolute Gasteiger partial charge is 0.388 e. The van der Waals surface area contributed by atoms with Crippen LogP contribution < -0.4 is 0 Å². The molecule has 0 saturated heterocycles. The van der Waals surface area contributed by atoms with Gasteiger partial charge in [-0.3, -0.25) is 0 Å². The maximum Gasteiger partial charge on any atom is 0.0426 e. The number of likely N-dealkylation sites (N-methyl/N-ethyl adjacent to an activating group) is 1. The van der Waals surface area contributed by atoms with Crippen LogP contribution in [0.1, 0.15) is 49.9 Å². The zero-order valence-corrected chi connectivity index (χ0v) is 38.0. The van der Waals surface area contributed by atoms with Crippen LogP contribution in [0, 0.1) is 20.8 Å². The fraction of sp³-hybridized carbons (Fsp3) is 0.193. The third-order valence-electron chi connectivity index (χ3n) is 9.93. The number of ether oxygens (including phenoxy) is 1. The molecule has 2 aromatic heterocycles. The summed E-state index contributed by atoms with van der Waals surface area (Å²) in [7, 11) is 5.38. The molecule has 7 aromatic carbocycles. The SMILES string of the molecule is C.CCC.COC.Cc1cccc(-c2ccc3sc4ccc(-c5ccc6sc7ccc(C8=CC=CN(C)C8)cc7c6c5)cc4c3c2)c1.Cc1ccccc1.Cc1ccccc1. The molecule has 1 aliphatic rings. The van der Waals surface area contributed by atoms with Crippen LogP contribution in [0.15, 0.2) is 176 Å². The highest BCUT2D eigenvalue weighted by Gasteiger charge is 2.13. The van der Waals surface area contributed by atoms with Gasteiger partial charge in [-0.05, 0) is 115 Å². The van der Waals surface area contributed by atoms with E-state index in [-0.39, 0.29) is 7.43 Å². The van der Waals surface area contributed by atoms with Crippen molar-refractivity contribution in [3.8, 4) is 22.3 Å². The van der Waals surface area contributed by atoms with E-state index < -0.39 is 0 Å². The average molecular weight is 840 g/mol. The number of benzene rings is 7. The monoisotopic (exact) mass is 839 g/mol. The number of allylic oxidation sites excluding steroid dienone is 2. The highest BCUT2D eigenvalue weighted by molar-refractivity contribution is 7.26. The summed E-state index contributed by atoms with van der Waals surface area (Å²) >= 11 is 3.77. The van der Waals surface area contributed by atoms with Gasteiger partial charge in [0.25, 0.3) is 0 Å². The summed E-state index contributed by atoms with van der Waals surface area (Å²) in [6.07, 6.45) is 7.76. The first-order valence-corrected chi connectivity index (χ1v) is 22.4. The van der Waals surface area contributed by atoms with E-state index in [0.29, 0.717) is 0 Å². The maximum atomic E-state index is 4.25. The van der Waals surface area contributed by atoms with Gasteiger partial charge in [-0.25, -0.2) is 0 Å². The molecule has 0 aliphatic carbocycles. The molecule has 0 saturated carbocycles. The molecule has 0 spiro atoms. The predicted molar refractivity (Wildman–Crippen MR) is 276 cm³/mol. The van der Waals surface area contributed by atoms with E-state index in [1.807, 2.05) is 59.1 Å². The molecule has 9 aromatic rings. The van der Waals surface area contributed by atoms with E-state index >= 15 is 0 Å². The number of hydrogen-bond donors (Lipinski definition) is 0. The molecule has 0 radical (unpaired) electrons. The Bertz CT molecular complexity index is 2790. The first-order valence-electron chi connectivity index (χ1n) is 20.7. The van der Waals surface area contributed by atoms with Gasteiger partial charge in [-0.2, -0.15) is 0 Å². The molecule has 2 nitrogen and oxygen atoms in total. The topological polar surface area (TPSA) is 12.5 Å². The van der Waals surface area contributed by atoms with Gasteiger partial charge in [0.1, 0.15) is 0 Å². The van der Waals surface area contributed by atoms with Crippen molar-refractivity contribution < 1.29 is 4.74 Å². The van der Waals surface area contributed by atoms with Gasteiger partial charge >= 0.3 is 0 Å². The van der Waals surface area contributed by atoms with Gasteiger partial charge in [-0.1, -0.05) is 160 Å². The van der Waals surface area contributed by atoms with Crippen LogP contribution in [0.5, 0.6) is 0 Å². The van der Waals surface area contributed by atoms with Crippen molar-refractivity contribution in [2.24, 2.45) is 0 Å². The van der Waals surface area contributed by atoms with Gasteiger partial charge in [0.2, 0.25) is 0 Å².